The van der Waals surface area contributed by atoms with Gasteiger partial charge in [0, 0.05) is 19.1 Å². The Bertz CT molecular complexity index is 521. The predicted octanol–water partition coefficient (Wildman–Crippen LogP) is 2.14. The quantitative estimate of drug-likeness (QED) is 0.900. The van der Waals surface area contributed by atoms with Crippen molar-refractivity contribution in [2.45, 2.75) is 43.2 Å². The summed E-state index contributed by atoms with van der Waals surface area (Å²) in [4.78, 5) is 0.383. The number of nitrogens with one attached hydrogen (secondary N) is 1. The van der Waals surface area contributed by atoms with E-state index in [4.69, 9.17) is 0 Å². The van der Waals surface area contributed by atoms with Crippen molar-refractivity contribution >= 4 is 10.0 Å². The van der Waals surface area contributed by atoms with E-state index in [2.05, 4.69) is 5.32 Å². The highest BCUT2D eigenvalue weighted by molar-refractivity contribution is 7.89. The van der Waals surface area contributed by atoms with Crippen LogP contribution in [-0.4, -0.2) is 32.9 Å². The van der Waals surface area contributed by atoms with Gasteiger partial charge in [0.1, 0.15) is 0 Å². The molecule has 0 amide bonds. The monoisotopic (exact) mass is 282 g/mol. The van der Waals surface area contributed by atoms with Gasteiger partial charge in [0.25, 0.3) is 0 Å². The van der Waals surface area contributed by atoms with Gasteiger partial charge < -0.3 is 5.32 Å². The highest BCUT2D eigenvalue weighted by Gasteiger charge is 2.31. The summed E-state index contributed by atoms with van der Waals surface area (Å²) in [6, 6.07) is 7.56. The van der Waals surface area contributed by atoms with Crippen LogP contribution in [0, 0.1) is 0 Å². The van der Waals surface area contributed by atoms with Crippen molar-refractivity contribution < 1.29 is 8.42 Å². The molecule has 0 saturated heterocycles. The Morgan fingerprint density at radius 3 is 2.26 bits per heavy atom. The van der Waals surface area contributed by atoms with Crippen LogP contribution in [0.1, 0.15) is 37.8 Å². The molecule has 0 radical (unpaired) electrons. The summed E-state index contributed by atoms with van der Waals surface area (Å²) < 4.78 is 26.4. The van der Waals surface area contributed by atoms with E-state index < -0.39 is 10.0 Å². The first-order chi connectivity index (χ1) is 8.96. The number of nitrogens with zero attached hydrogens (tertiary/aromatic N) is 1. The van der Waals surface area contributed by atoms with Crippen LogP contribution >= 0.6 is 0 Å². The molecule has 0 bridgehead atoms. The van der Waals surface area contributed by atoms with Gasteiger partial charge in [-0.2, -0.15) is 4.31 Å². The van der Waals surface area contributed by atoms with E-state index in [1.807, 2.05) is 26.1 Å². The third-order valence-electron chi connectivity index (χ3n) is 4.08. The molecule has 1 fully saturated rings. The fourth-order valence-electron chi connectivity index (χ4n) is 2.21. The summed E-state index contributed by atoms with van der Waals surface area (Å²) in [5.41, 5.74) is 1.09. The van der Waals surface area contributed by atoms with Gasteiger partial charge in [-0.15, -0.1) is 0 Å². The minimum atomic E-state index is -3.34. The van der Waals surface area contributed by atoms with E-state index in [-0.39, 0.29) is 12.1 Å². The Labute approximate surface area is 115 Å². The van der Waals surface area contributed by atoms with Crippen LogP contribution in [0.25, 0.3) is 0 Å². The van der Waals surface area contributed by atoms with Crippen molar-refractivity contribution in [1.29, 1.82) is 0 Å². The molecular weight excluding hydrogens is 260 g/mol. The van der Waals surface area contributed by atoms with Crippen LogP contribution in [0.15, 0.2) is 29.2 Å². The molecule has 1 aromatic rings. The first kappa shape index (κ1) is 14.5. The summed E-state index contributed by atoms with van der Waals surface area (Å²) in [7, 11) is 0.237. The number of benzene rings is 1. The van der Waals surface area contributed by atoms with Gasteiger partial charge in [0.05, 0.1) is 4.90 Å². The standard InChI is InChI=1S/C14H22N2O2S/c1-11(15-2)12-7-9-14(10-8-12)19(17,18)16(3)13-5-4-6-13/h7-11,13,15H,4-6H2,1-3H3. The van der Waals surface area contributed by atoms with Gasteiger partial charge in [-0.1, -0.05) is 18.6 Å². The molecule has 1 saturated carbocycles. The first-order valence-electron chi connectivity index (χ1n) is 6.72. The number of sulfonamides is 1. The average Bonchev–Trinajstić information content (AvgIpc) is 2.36. The maximum Gasteiger partial charge on any atom is 0.243 e. The van der Waals surface area contributed by atoms with Crippen molar-refractivity contribution in [2.24, 2.45) is 0 Å². The van der Waals surface area contributed by atoms with E-state index in [0.29, 0.717) is 4.90 Å². The molecule has 0 spiro atoms. The third-order valence-corrected chi connectivity index (χ3v) is 6.00. The minimum Gasteiger partial charge on any atom is -0.313 e. The second-order valence-corrected chi connectivity index (χ2v) is 7.18. The predicted molar refractivity (Wildman–Crippen MR) is 76.5 cm³/mol. The highest BCUT2D eigenvalue weighted by atomic mass is 32.2. The molecule has 1 N–H and O–H groups in total. The summed E-state index contributed by atoms with van der Waals surface area (Å²) in [5.74, 6) is 0. The average molecular weight is 282 g/mol. The molecule has 1 unspecified atom stereocenters. The van der Waals surface area contributed by atoms with E-state index in [1.165, 1.54) is 4.31 Å². The molecule has 0 heterocycles. The topological polar surface area (TPSA) is 49.4 Å². The zero-order chi connectivity index (χ0) is 14.0. The lowest BCUT2D eigenvalue weighted by molar-refractivity contribution is 0.249. The maximum atomic E-state index is 12.4. The van der Waals surface area contributed by atoms with Crippen molar-refractivity contribution in [3.63, 3.8) is 0 Å². The van der Waals surface area contributed by atoms with Gasteiger partial charge >= 0.3 is 0 Å². The van der Waals surface area contributed by atoms with Crippen LogP contribution in [0.2, 0.25) is 0 Å². The van der Waals surface area contributed by atoms with Gasteiger partial charge in [-0.25, -0.2) is 8.42 Å². The Hall–Kier alpha value is -0.910. The summed E-state index contributed by atoms with van der Waals surface area (Å²) >= 11 is 0. The third kappa shape index (κ3) is 2.83. The summed E-state index contributed by atoms with van der Waals surface area (Å²) in [6.07, 6.45) is 3.08. The van der Waals surface area contributed by atoms with E-state index in [1.54, 1.807) is 19.2 Å². The maximum absolute atomic E-state index is 12.4. The number of hydrogen-bond donors (Lipinski definition) is 1. The number of hydrogen-bond acceptors (Lipinski definition) is 3. The molecule has 0 aliphatic heterocycles. The lowest BCUT2D eigenvalue weighted by Gasteiger charge is -2.33. The molecule has 0 aromatic heterocycles. The number of rotatable bonds is 5. The fourth-order valence-corrected chi connectivity index (χ4v) is 3.62. The first-order valence-corrected chi connectivity index (χ1v) is 8.16. The van der Waals surface area contributed by atoms with Crippen LogP contribution in [-0.2, 0) is 10.0 Å². The molecule has 1 aliphatic carbocycles. The van der Waals surface area contributed by atoms with Gasteiger partial charge in [0.15, 0.2) is 0 Å². The summed E-state index contributed by atoms with van der Waals surface area (Å²) in [5, 5.41) is 3.14. The highest BCUT2D eigenvalue weighted by Crippen LogP contribution is 2.28. The molecular formula is C14H22N2O2S. The van der Waals surface area contributed by atoms with Crippen molar-refractivity contribution in [3.05, 3.63) is 29.8 Å². The van der Waals surface area contributed by atoms with Crippen LogP contribution < -0.4 is 5.32 Å². The second kappa shape index (κ2) is 5.61. The zero-order valence-corrected chi connectivity index (χ0v) is 12.6. The van der Waals surface area contributed by atoms with Crippen molar-refractivity contribution in [3.8, 4) is 0 Å². The zero-order valence-electron chi connectivity index (χ0n) is 11.8. The van der Waals surface area contributed by atoms with E-state index in [9.17, 15) is 8.42 Å². The van der Waals surface area contributed by atoms with Gasteiger partial charge in [-0.05, 0) is 44.5 Å². The molecule has 19 heavy (non-hydrogen) atoms. The summed E-state index contributed by atoms with van der Waals surface area (Å²) in [6.45, 7) is 2.05. The van der Waals surface area contributed by atoms with E-state index in [0.717, 1.165) is 24.8 Å². The second-order valence-electron chi connectivity index (χ2n) is 5.19. The largest absolute Gasteiger partial charge is 0.313 e. The Kier molecular flexibility index (Phi) is 4.28. The molecule has 2 rings (SSSR count). The fraction of sp³-hybridized carbons (Fsp3) is 0.571. The van der Waals surface area contributed by atoms with Crippen LogP contribution in [0.4, 0.5) is 0 Å². The SMILES string of the molecule is CNC(C)c1ccc(S(=O)(=O)N(C)C2CCC2)cc1. The molecule has 1 aliphatic rings. The molecule has 5 heteroatoms. The van der Waals surface area contributed by atoms with Crippen LogP contribution in [0.3, 0.4) is 0 Å². The molecule has 4 nitrogen and oxygen atoms in total. The lowest BCUT2D eigenvalue weighted by Crippen LogP contribution is -2.41. The minimum absolute atomic E-state index is 0.181. The van der Waals surface area contributed by atoms with Crippen LogP contribution in [0.5, 0.6) is 0 Å². The molecule has 1 atom stereocenters. The van der Waals surface area contributed by atoms with E-state index >= 15 is 0 Å². The normalized spacial score (nSPS) is 18.3. The smallest absolute Gasteiger partial charge is 0.243 e. The molecule has 1 aromatic carbocycles. The Balaban J connectivity index is 2.20. The van der Waals surface area contributed by atoms with Gasteiger partial charge in [-0.3, -0.25) is 0 Å². The Morgan fingerprint density at radius 2 is 1.84 bits per heavy atom. The van der Waals surface area contributed by atoms with Gasteiger partial charge in [0.2, 0.25) is 10.0 Å². The lowest BCUT2D eigenvalue weighted by atomic mass is 9.94. The van der Waals surface area contributed by atoms with Crippen molar-refractivity contribution in [1.82, 2.24) is 9.62 Å². The Morgan fingerprint density at radius 1 is 1.26 bits per heavy atom. The van der Waals surface area contributed by atoms with Crippen molar-refractivity contribution in [2.75, 3.05) is 14.1 Å². The molecule has 106 valence electrons.